The zero-order valence-corrected chi connectivity index (χ0v) is 18.0. The third-order valence-electron chi connectivity index (χ3n) is 5.62. The van der Waals surface area contributed by atoms with Crippen molar-refractivity contribution < 1.29 is 22.7 Å². The predicted molar refractivity (Wildman–Crippen MR) is 110 cm³/mol. The van der Waals surface area contributed by atoms with Gasteiger partial charge in [-0.15, -0.1) is 0 Å². The molecule has 0 saturated carbocycles. The minimum Gasteiger partial charge on any atom is -0.366 e. The van der Waals surface area contributed by atoms with E-state index in [0.717, 1.165) is 11.6 Å². The number of aromatic nitrogens is 4. The van der Waals surface area contributed by atoms with Crippen molar-refractivity contribution >= 4 is 11.9 Å². The number of morpholine rings is 1. The third-order valence-corrected chi connectivity index (χ3v) is 5.62. The number of aromatic amines is 1. The Bertz CT molecular complexity index is 1040. The zero-order chi connectivity index (χ0) is 23.6. The Morgan fingerprint density at radius 1 is 1.18 bits per heavy atom. The summed E-state index contributed by atoms with van der Waals surface area (Å²) in [4.78, 5) is 38.6. The van der Waals surface area contributed by atoms with E-state index < -0.39 is 23.4 Å². The number of anilines is 1. The molecule has 4 rings (SSSR count). The quantitative estimate of drug-likeness (QED) is 0.690. The van der Waals surface area contributed by atoms with Crippen molar-refractivity contribution in [3.05, 3.63) is 45.6 Å². The van der Waals surface area contributed by atoms with E-state index in [9.17, 15) is 22.8 Å². The lowest BCUT2D eigenvalue weighted by molar-refractivity contribution is -0.150. The highest BCUT2D eigenvalue weighted by Gasteiger charge is 2.35. The number of amides is 1. The molecule has 2 aromatic heterocycles. The van der Waals surface area contributed by atoms with Crippen molar-refractivity contribution in [2.45, 2.75) is 25.7 Å². The number of carbonyl (C=O) groups excluding carboxylic acids is 1. The van der Waals surface area contributed by atoms with Crippen LogP contribution in [0.5, 0.6) is 0 Å². The summed E-state index contributed by atoms with van der Waals surface area (Å²) in [5, 5.41) is 5.61. The van der Waals surface area contributed by atoms with Gasteiger partial charge in [0.25, 0.3) is 11.5 Å². The molecule has 4 heterocycles. The number of hydrogen-bond acceptors (Lipinski definition) is 8. The fourth-order valence-corrected chi connectivity index (χ4v) is 3.84. The summed E-state index contributed by atoms with van der Waals surface area (Å²) in [7, 11) is 0. The highest BCUT2D eigenvalue weighted by Crippen LogP contribution is 2.26. The standard InChI is InChI=1S/C20H24F3N7O3/c1-13-9-24-19(25-10-13)30-4-2-29(3-5-30)18(32)16-12-28(6-7-33-16)11-14-8-15(20(21,22)23)17(31)27-26-14/h8-10,16H,2-7,11-12H2,1H3,(H,27,31)/t16-/m0/s1. The van der Waals surface area contributed by atoms with Crippen LogP contribution in [0.4, 0.5) is 19.1 Å². The van der Waals surface area contributed by atoms with E-state index in [2.05, 4.69) is 15.1 Å². The first-order chi connectivity index (χ1) is 15.7. The van der Waals surface area contributed by atoms with Crippen molar-refractivity contribution in [1.29, 1.82) is 0 Å². The Kier molecular flexibility index (Phi) is 6.61. The van der Waals surface area contributed by atoms with E-state index in [1.807, 2.05) is 16.9 Å². The average molecular weight is 467 g/mol. The van der Waals surface area contributed by atoms with E-state index in [-0.39, 0.29) is 31.3 Å². The van der Waals surface area contributed by atoms with Gasteiger partial charge in [-0.3, -0.25) is 14.5 Å². The van der Waals surface area contributed by atoms with Crippen molar-refractivity contribution in [3.63, 3.8) is 0 Å². The number of rotatable bonds is 4. The van der Waals surface area contributed by atoms with Crippen molar-refractivity contribution in [2.75, 3.05) is 50.8 Å². The molecule has 178 valence electrons. The van der Waals surface area contributed by atoms with Gasteiger partial charge in [0, 0.05) is 58.2 Å². The summed E-state index contributed by atoms with van der Waals surface area (Å²) < 4.78 is 44.6. The van der Waals surface area contributed by atoms with Crippen LogP contribution in [0.1, 0.15) is 16.8 Å². The highest BCUT2D eigenvalue weighted by molar-refractivity contribution is 5.81. The number of carbonyl (C=O) groups is 1. The van der Waals surface area contributed by atoms with E-state index >= 15 is 0 Å². The summed E-state index contributed by atoms with van der Waals surface area (Å²) in [5.41, 5.74) is -1.53. The molecule has 2 aliphatic rings. The highest BCUT2D eigenvalue weighted by atomic mass is 19.4. The second kappa shape index (κ2) is 9.43. The van der Waals surface area contributed by atoms with Crippen LogP contribution < -0.4 is 10.5 Å². The smallest absolute Gasteiger partial charge is 0.366 e. The number of aryl methyl sites for hydroxylation is 1. The molecule has 10 nitrogen and oxygen atoms in total. The first-order valence-corrected chi connectivity index (χ1v) is 10.5. The van der Waals surface area contributed by atoms with Crippen LogP contribution in [-0.4, -0.2) is 87.9 Å². The molecule has 2 saturated heterocycles. The molecule has 0 aliphatic carbocycles. The van der Waals surface area contributed by atoms with Gasteiger partial charge in [0.15, 0.2) is 0 Å². The molecule has 2 fully saturated rings. The van der Waals surface area contributed by atoms with Crippen LogP contribution in [0, 0.1) is 6.92 Å². The fourth-order valence-electron chi connectivity index (χ4n) is 3.84. The maximum Gasteiger partial charge on any atom is 0.421 e. The molecule has 1 atom stereocenters. The van der Waals surface area contributed by atoms with E-state index in [1.165, 1.54) is 0 Å². The lowest BCUT2D eigenvalue weighted by Gasteiger charge is -2.38. The maximum absolute atomic E-state index is 13.0. The normalized spacial score (nSPS) is 20.2. The summed E-state index contributed by atoms with van der Waals surface area (Å²) >= 11 is 0. The average Bonchev–Trinajstić information content (AvgIpc) is 2.80. The van der Waals surface area contributed by atoms with Gasteiger partial charge in [0.1, 0.15) is 11.7 Å². The van der Waals surface area contributed by atoms with Gasteiger partial charge in [-0.2, -0.15) is 18.3 Å². The number of ether oxygens (including phenoxy) is 1. The molecule has 1 amide bonds. The lowest BCUT2D eigenvalue weighted by Crippen LogP contribution is -2.56. The molecule has 0 bridgehead atoms. The number of nitrogens with one attached hydrogen (secondary N) is 1. The number of nitrogens with zero attached hydrogens (tertiary/aromatic N) is 6. The van der Waals surface area contributed by atoms with Crippen LogP contribution in [0.2, 0.25) is 0 Å². The topological polar surface area (TPSA) is 108 Å². The summed E-state index contributed by atoms with van der Waals surface area (Å²) in [5.74, 6) is 0.467. The minimum absolute atomic E-state index is 0.0611. The van der Waals surface area contributed by atoms with Gasteiger partial charge in [-0.05, 0) is 18.6 Å². The van der Waals surface area contributed by atoms with Crippen molar-refractivity contribution in [2.24, 2.45) is 0 Å². The van der Waals surface area contributed by atoms with E-state index in [4.69, 9.17) is 4.74 Å². The number of halogens is 3. The van der Waals surface area contributed by atoms with E-state index in [0.29, 0.717) is 38.7 Å². The largest absolute Gasteiger partial charge is 0.421 e. The Labute approximate surface area is 187 Å². The predicted octanol–water partition coefficient (Wildman–Crippen LogP) is 0.437. The Morgan fingerprint density at radius 2 is 1.88 bits per heavy atom. The Morgan fingerprint density at radius 3 is 2.55 bits per heavy atom. The van der Waals surface area contributed by atoms with Crippen LogP contribution in [-0.2, 0) is 22.3 Å². The number of piperazine rings is 1. The van der Waals surface area contributed by atoms with Crippen LogP contribution in [0.15, 0.2) is 23.3 Å². The molecular weight excluding hydrogens is 443 g/mol. The first-order valence-electron chi connectivity index (χ1n) is 10.5. The number of H-pyrrole nitrogens is 1. The Hall–Kier alpha value is -3.06. The molecule has 2 aliphatic heterocycles. The maximum atomic E-state index is 13.0. The van der Waals surface area contributed by atoms with Gasteiger partial charge in [0.2, 0.25) is 5.95 Å². The molecule has 0 spiro atoms. The second-order valence-corrected chi connectivity index (χ2v) is 8.07. The minimum atomic E-state index is -4.76. The molecule has 33 heavy (non-hydrogen) atoms. The molecular formula is C20H24F3N7O3. The first kappa shape index (κ1) is 23.1. The number of alkyl halides is 3. The Balaban J connectivity index is 1.34. The molecule has 13 heteroatoms. The second-order valence-electron chi connectivity index (χ2n) is 8.07. The molecule has 1 N–H and O–H groups in total. The number of hydrogen-bond donors (Lipinski definition) is 1. The van der Waals surface area contributed by atoms with Gasteiger partial charge >= 0.3 is 6.18 Å². The van der Waals surface area contributed by atoms with Gasteiger partial charge < -0.3 is 14.5 Å². The summed E-state index contributed by atoms with van der Waals surface area (Å²) in [6, 6.07) is 0.748. The van der Waals surface area contributed by atoms with Crippen molar-refractivity contribution in [3.8, 4) is 0 Å². The van der Waals surface area contributed by atoms with Gasteiger partial charge in [-0.25, -0.2) is 15.1 Å². The van der Waals surface area contributed by atoms with Crippen LogP contribution >= 0.6 is 0 Å². The molecule has 0 radical (unpaired) electrons. The lowest BCUT2D eigenvalue weighted by atomic mass is 10.2. The third kappa shape index (κ3) is 5.47. The molecule has 0 aromatic carbocycles. The van der Waals surface area contributed by atoms with Gasteiger partial charge in [-0.1, -0.05) is 0 Å². The van der Waals surface area contributed by atoms with Gasteiger partial charge in [0.05, 0.1) is 12.3 Å². The molecule has 0 unspecified atom stereocenters. The monoisotopic (exact) mass is 467 g/mol. The SMILES string of the molecule is Cc1cnc(N2CCN(C(=O)[C@@H]3CN(Cc4cc(C(F)(F)F)c(=O)[nH]n4)CCO3)CC2)nc1. The summed E-state index contributed by atoms with van der Waals surface area (Å²) in [6.45, 7) is 5.07. The van der Waals surface area contributed by atoms with E-state index in [1.54, 1.807) is 22.2 Å². The zero-order valence-electron chi connectivity index (χ0n) is 18.0. The van der Waals surface area contributed by atoms with Crippen LogP contribution in [0.25, 0.3) is 0 Å². The van der Waals surface area contributed by atoms with Crippen molar-refractivity contribution in [1.82, 2.24) is 30.0 Å². The summed E-state index contributed by atoms with van der Waals surface area (Å²) in [6.07, 6.45) is -1.98. The van der Waals surface area contributed by atoms with Crippen LogP contribution in [0.3, 0.4) is 0 Å². The molecule has 2 aromatic rings. The fraction of sp³-hybridized carbons (Fsp3) is 0.550.